The Balaban J connectivity index is 2.15. The molecule has 19 heavy (non-hydrogen) atoms. The topological polar surface area (TPSA) is 58.7 Å². The fourth-order valence-electron chi connectivity index (χ4n) is 2.18. The molecule has 2 rings (SSSR count). The zero-order chi connectivity index (χ0) is 13.8. The van der Waals surface area contributed by atoms with Crippen molar-refractivity contribution in [3.8, 4) is 0 Å². The number of ether oxygens (including phenoxy) is 1. The summed E-state index contributed by atoms with van der Waals surface area (Å²) in [6.07, 6.45) is 0. The summed E-state index contributed by atoms with van der Waals surface area (Å²) >= 11 is 4.87. The molecule has 3 N–H and O–H groups in total. The zero-order valence-electron chi connectivity index (χ0n) is 10.5. The zero-order valence-corrected chi connectivity index (χ0v) is 11.3. The highest BCUT2D eigenvalue weighted by Gasteiger charge is 2.22. The Morgan fingerprint density at radius 1 is 1.53 bits per heavy atom. The largest absolute Gasteiger partial charge is 0.395 e. The minimum Gasteiger partial charge on any atom is -0.395 e. The highest BCUT2D eigenvalue weighted by Crippen LogP contribution is 2.15. The molecule has 0 radical (unpaired) electrons. The van der Waals surface area contributed by atoms with Gasteiger partial charge in [0.25, 0.3) is 0 Å². The Bertz CT molecular complexity index is 470. The van der Waals surface area contributed by atoms with Crippen molar-refractivity contribution in [2.45, 2.75) is 12.6 Å². The smallest absolute Gasteiger partial charge is 0.124 e. The van der Waals surface area contributed by atoms with Gasteiger partial charge in [0.1, 0.15) is 10.8 Å². The number of morpholine rings is 1. The maximum Gasteiger partial charge on any atom is 0.124 e. The predicted octanol–water partition coefficient (Wildman–Crippen LogP) is 0.653. The lowest BCUT2D eigenvalue weighted by Gasteiger charge is -2.34. The van der Waals surface area contributed by atoms with Crippen LogP contribution in [0.15, 0.2) is 18.2 Å². The van der Waals surface area contributed by atoms with Gasteiger partial charge in [-0.15, -0.1) is 0 Å². The summed E-state index contributed by atoms with van der Waals surface area (Å²) in [5.74, 6) is -0.353. The highest BCUT2D eigenvalue weighted by atomic mass is 32.1. The van der Waals surface area contributed by atoms with E-state index in [0.717, 1.165) is 5.56 Å². The van der Waals surface area contributed by atoms with Gasteiger partial charge in [-0.2, -0.15) is 0 Å². The van der Waals surface area contributed by atoms with Crippen LogP contribution in [-0.4, -0.2) is 47.4 Å². The molecule has 1 saturated heterocycles. The first-order valence-electron chi connectivity index (χ1n) is 6.12. The first-order chi connectivity index (χ1) is 9.10. The second-order valence-corrected chi connectivity index (χ2v) is 5.03. The molecule has 0 aliphatic carbocycles. The number of nitrogens with zero attached hydrogens (tertiary/aromatic N) is 1. The average molecular weight is 284 g/mol. The minimum absolute atomic E-state index is 0.0253. The molecule has 6 heteroatoms. The molecule has 0 amide bonds. The second kappa shape index (κ2) is 6.38. The molecular formula is C13H17FN2O2S. The lowest BCUT2D eigenvalue weighted by Crippen LogP contribution is -2.46. The summed E-state index contributed by atoms with van der Waals surface area (Å²) in [6, 6.07) is 4.53. The Hall–Kier alpha value is -1.08. The van der Waals surface area contributed by atoms with Crippen LogP contribution in [0.4, 0.5) is 4.39 Å². The van der Waals surface area contributed by atoms with E-state index in [9.17, 15) is 9.50 Å². The van der Waals surface area contributed by atoms with Gasteiger partial charge in [0.05, 0.1) is 25.9 Å². The van der Waals surface area contributed by atoms with Crippen molar-refractivity contribution in [1.82, 2.24) is 4.90 Å². The third kappa shape index (κ3) is 3.70. The average Bonchev–Trinajstić information content (AvgIpc) is 2.38. The van der Waals surface area contributed by atoms with Crippen molar-refractivity contribution in [3.63, 3.8) is 0 Å². The number of halogens is 1. The van der Waals surface area contributed by atoms with Crippen LogP contribution in [0.25, 0.3) is 0 Å². The summed E-state index contributed by atoms with van der Waals surface area (Å²) in [5.41, 5.74) is 6.85. The van der Waals surface area contributed by atoms with Crippen molar-refractivity contribution in [3.05, 3.63) is 35.1 Å². The number of aliphatic hydroxyl groups excluding tert-OH is 1. The molecular weight excluding hydrogens is 267 g/mol. The summed E-state index contributed by atoms with van der Waals surface area (Å²) in [7, 11) is 0. The number of thiocarbonyl (C=S) groups is 1. The van der Waals surface area contributed by atoms with Gasteiger partial charge in [0.2, 0.25) is 0 Å². The van der Waals surface area contributed by atoms with Gasteiger partial charge in [-0.05, 0) is 23.8 Å². The first-order valence-corrected chi connectivity index (χ1v) is 6.53. The molecule has 0 aromatic heterocycles. The van der Waals surface area contributed by atoms with E-state index in [2.05, 4.69) is 4.90 Å². The van der Waals surface area contributed by atoms with Crippen LogP contribution < -0.4 is 5.73 Å². The van der Waals surface area contributed by atoms with Crippen LogP contribution in [0, 0.1) is 5.82 Å². The minimum atomic E-state index is -0.353. The van der Waals surface area contributed by atoms with E-state index in [0.29, 0.717) is 31.9 Å². The van der Waals surface area contributed by atoms with E-state index < -0.39 is 0 Å². The maximum absolute atomic E-state index is 13.5. The quantitative estimate of drug-likeness (QED) is 0.795. The fourth-order valence-corrected chi connectivity index (χ4v) is 2.30. The number of aliphatic hydroxyl groups is 1. The molecule has 1 aromatic carbocycles. The van der Waals surface area contributed by atoms with Gasteiger partial charge < -0.3 is 15.6 Å². The molecule has 0 saturated carbocycles. The van der Waals surface area contributed by atoms with E-state index in [1.165, 1.54) is 12.1 Å². The van der Waals surface area contributed by atoms with Crippen LogP contribution in [0.3, 0.4) is 0 Å². The van der Waals surface area contributed by atoms with Gasteiger partial charge in [-0.25, -0.2) is 4.39 Å². The first kappa shape index (κ1) is 14.3. The molecule has 1 aromatic rings. The SMILES string of the molecule is NC(=S)c1cc(F)cc(CN2CCOCC2CO)c1. The molecule has 1 unspecified atom stereocenters. The Labute approximate surface area is 117 Å². The summed E-state index contributed by atoms with van der Waals surface area (Å²) in [5, 5.41) is 9.30. The monoisotopic (exact) mass is 284 g/mol. The van der Waals surface area contributed by atoms with Crippen molar-refractivity contribution in [2.24, 2.45) is 5.73 Å². The van der Waals surface area contributed by atoms with Crippen molar-refractivity contribution in [1.29, 1.82) is 0 Å². The molecule has 0 bridgehead atoms. The lowest BCUT2D eigenvalue weighted by atomic mass is 10.1. The Morgan fingerprint density at radius 2 is 2.32 bits per heavy atom. The van der Waals surface area contributed by atoms with E-state index >= 15 is 0 Å². The summed E-state index contributed by atoms with van der Waals surface area (Å²) < 4.78 is 18.8. The van der Waals surface area contributed by atoms with Crippen LogP contribution in [0.5, 0.6) is 0 Å². The Morgan fingerprint density at radius 3 is 3.00 bits per heavy atom. The molecule has 104 valence electrons. The van der Waals surface area contributed by atoms with Crippen LogP contribution in [-0.2, 0) is 11.3 Å². The van der Waals surface area contributed by atoms with Crippen LogP contribution >= 0.6 is 12.2 Å². The summed E-state index contributed by atoms with van der Waals surface area (Å²) in [6.45, 7) is 2.39. The van der Waals surface area contributed by atoms with Gasteiger partial charge in [-0.1, -0.05) is 12.2 Å². The Kier molecular flexibility index (Phi) is 4.81. The van der Waals surface area contributed by atoms with E-state index in [1.807, 2.05) is 0 Å². The van der Waals surface area contributed by atoms with Crippen molar-refractivity contribution < 1.29 is 14.2 Å². The summed E-state index contributed by atoms with van der Waals surface area (Å²) in [4.78, 5) is 2.25. The second-order valence-electron chi connectivity index (χ2n) is 4.59. The fraction of sp³-hybridized carbons (Fsp3) is 0.462. The lowest BCUT2D eigenvalue weighted by molar-refractivity contribution is -0.0312. The van der Waals surface area contributed by atoms with Gasteiger partial charge >= 0.3 is 0 Å². The molecule has 1 aliphatic rings. The third-order valence-corrected chi connectivity index (χ3v) is 3.42. The number of nitrogens with two attached hydrogens (primary N) is 1. The third-order valence-electron chi connectivity index (χ3n) is 3.19. The highest BCUT2D eigenvalue weighted by molar-refractivity contribution is 7.80. The molecule has 1 atom stereocenters. The molecule has 0 spiro atoms. The normalized spacial score (nSPS) is 20.4. The molecule has 4 nitrogen and oxygen atoms in total. The number of benzene rings is 1. The predicted molar refractivity (Wildman–Crippen MR) is 74.4 cm³/mol. The molecule has 1 fully saturated rings. The van der Waals surface area contributed by atoms with E-state index in [-0.39, 0.29) is 23.5 Å². The van der Waals surface area contributed by atoms with Crippen LogP contribution in [0.2, 0.25) is 0 Å². The van der Waals surface area contributed by atoms with Gasteiger partial charge in [-0.3, -0.25) is 4.90 Å². The number of hydrogen-bond donors (Lipinski definition) is 2. The van der Waals surface area contributed by atoms with Gasteiger partial charge in [0.15, 0.2) is 0 Å². The standard InChI is InChI=1S/C13H17FN2O2S/c14-11-4-9(3-10(5-11)13(15)19)6-16-1-2-18-8-12(16)7-17/h3-5,12,17H,1-2,6-8H2,(H2,15,19). The van der Waals surface area contributed by atoms with Crippen LogP contribution in [0.1, 0.15) is 11.1 Å². The molecule has 1 aliphatic heterocycles. The van der Waals surface area contributed by atoms with E-state index in [4.69, 9.17) is 22.7 Å². The van der Waals surface area contributed by atoms with Crippen molar-refractivity contribution in [2.75, 3.05) is 26.4 Å². The molecule has 1 heterocycles. The number of hydrogen-bond acceptors (Lipinski definition) is 4. The number of rotatable bonds is 4. The van der Waals surface area contributed by atoms with Gasteiger partial charge in [0, 0.05) is 18.7 Å². The van der Waals surface area contributed by atoms with E-state index in [1.54, 1.807) is 6.07 Å². The van der Waals surface area contributed by atoms with Crippen molar-refractivity contribution >= 4 is 17.2 Å². The maximum atomic E-state index is 13.5.